The second-order valence-corrected chi connectivity index (χ2v) is 6.72. The van der Waals surface area contributed by atoms with Crippen molar-refractivity contribution in [2.24, 2.45) is 0 Å². The maximum absolute atomic E-state index is 13.2. The summed E-state index contributed by atoms with van der Waals surface area (Å²) in [6.07, 6.45) is -4.21. The van der Waals surface area contributed by atoms with Crippen LogP contribution in [0.25, 0.3) is 0 Å². The maximum Gasteiger partial charge on any atom is 0.349 e. The SMILES string of the molecule is O=C(O[C@H](C(=O)O)[C@H](OC(=O)c1ccccc1)C(=O)Nc1ccc(F)cc1)c1ccccc1. The van der Waals surface area contributed by atoms with Crippen LogP contribution in [0.3, 0.4) is 0 Å². The van der Waals surface area contributed by atoms with E-state index in [-0.39, 0.29) is 16.8 Å². The number of hydrogen-bond acceptors (Lipinski definition) is 6. The molecule has 0 saturated carbocycles. The van der Waals surface area contributed by atoms with Gasteiger partial charge in [0.15, 0.2) is 0 Å². The number of halogens is 1. The van der Waals surface area contributed by atoms with E-state index in [1.807, 2.05) is 0 Å². The van der Waals surface area contributed by atoms with E-state index < -0.39 is 41.8 Å². The van der Waals surface area contributed by atoms with Crippen molar-refractivity contribution < 1.29 is 38.1 Å². The van der Waals surface area contributed by atoms with Gasteiger partial charge >= 0.3 is 17.9 Å². The molecule has 0 fully saturated rings. The van der Waals surface area contributed by atoms with Crippen LogP contribution in [-0.2, 0) is 19.1 Å². The van der Waals surface area contributed by atoms with Crippen molar-refractivity contribution in [1.82, 2.24) is 0 Å². The van der Waals surface area contributed by atoms with Gasteiger partial charge in [0.1, 0.15) is 5.82 Å². The molecule has 0 heterocycles. The minimum absolute atomic E-state index is 0.0378. The average molecular weight is 451 g/mol. The van der Waals surface area contributed by atoms with Crippen molar-refractivity contribution >= 4 is 29.5 Å². The predicted octanol–water partition coefficient (Wildman–Crippen LogP) is 3.30. The van der Waals surface area contributed by atoms with E-state index in [9.17, 15) is 28.7 Å². The number of benzene rings is 3. The second-order valence-electron chi connectivity index (χ2n) is 6.72. The summed E-state index contributed by atoms with van der Waals surface area (Å²) in [5.41, 5.74) is 0.201. The number of amides is 1. The summed E-state index contributed by atoms with van der Waals surface area (Å²) in [6.45, 7) is 0. The van der Waals surface area contributed by atoms with Crippen LogP contribution in [0.2, 0.25) is 0 Å². The third-order valence-electron chi connectivity index (χ3n) is 4.38. The molecule has 0 spiro atoms. The lowest BCUT2D eigenvalue weighted by atomic mass is 10.1. The van der Waals surface area contributed by atoms with E-state index in [1.54, 1.807) is 36.4 Å². The summed E-state index contributed by atoms with van der Waals surface area (Å²) in [6, 6.07) is 19.7. The molecule has 3 aromatic rings. The molecule has 0 aromatic heterocycles. The highest BCUT2D eigenvalue weighted by Crippen LogP contribution is 2.16. The van der Waals surface area contributed by atoms with Gasteiger partial charge < -0.3 is 19.9 Å². The highest BCUT2D eigenvalue weighted by atomic mass is 19.1. The highest BCUT2D eigenvalue weighted by Gasteiger charge is 2.41. The monoisotopic (exact) mass is 451 g/mol. The number of ether oxygens (including phenoxy) is 2. The van der Waals surface area contributed by atoms with Gasteiger partial charge in [-0.2, -0.15) is 0 Å². The van der Waals surface area contributed by atoms with E-state index >= 15 is 0 Å². The van der Waals surface area contributed by atoms with Crippen molar-refractivity contribution in [3.8, 4) is 0 Å². The fourth-order valence-corrected chi connectivity index (χ4v) is 2.76. The Labute approximate surface area is 187 Å². The van der Waals surface area contributed by atoms with Crippen molar-refractivity contribution in [1.29, 1.82) is 0 Å². The first-order valence-corrected chi connectivity index (χ1v) is 9.66. The van der Waals surface area contributed by atoms with Gasteiger partial charge in [0.25, 0.3) is 5.91 Å². The van der Waals surface area contributed by atoms with Crippen molar-refractivity contribution in [2.75, 3.05) is 5.32 Å². The van der Waals surface area contributed by atoms with E-state index in [0.717, 1.165) is 12.1 Å². The Morgan fingerprint density at radius 3 is 1.61 bits per heavy atom. The average Bonchev–Trinajstić information content (AvgIpc) is 2.83. The first-order chi connectivity index (χ1) is 15.8. The van der Waals surface area contributed by atoms with Gasteiger partial charge in [-0.25, -0.2) is 18.8 Å². The number of aliphatic carboxylic acids is 1. The molecule has 0 bridgehead atoms. The van der Waals surface area contributed by atoms with E-state index in [4.69, 9.17) is 9.47 Å². The lowest BCUT2D eigenvalue weighted by Gasteiger charge is -2.23. The van der Waals surface area contributed by atoms with Crippen LogP contribution >= 0.6 is 0 Å². The van der Waals surface area contributed by atoms with Crippen LogP contribution in [0.1, 0.15) is 20.7 Å². The maximum atomic E-state index is 13.2. The largest absolute Gasteiger partial charge is 0.478 e. The Morgan fingerprint density at radius 1 is 0.697 bits per heavy atom. The molecule has 8 nitrogen and oxygen atoms in total. The minimum Gasteiger partial charge on any atom is -0.478 e. The van der Waals surface area contributed by atoms with E-state index in [1.165, 1.54) is 36.4 Å². The van der Waals surface area contributed by atoms with Crippen LogP contribution < -0.4 is 5.32 Å². The van der Waals surface area contributed by atoms with Gasteiger partial charge in [0.05, 0.1) is 11.1 Å². The summed E-state index contributed by atoms with van der Waals surface area (Å²) in [4.78, 5) is 49.8. The minimum atomic E-state index is -2.16. The Balaban J connectivity index is 1.89. The summed E-state index contributed by atoms with van der Waals surface area (Å²) < 4.78 is 23.4. The van der Waals surface area contributed by atoms with Gasteiger partial charge in [0, 0.05) is 5.69 Å². The zero-order chi connectivity index (χ0) is 23.8. The fraction of sp³-hybridized carbons (Fsp3) is 0.0833. The van der Waals surface area contributed by atoms with Crippen molar-refractivity contribution in [3.05, 3.63) is 102 Å². The number of hydrogen-bond donors (Lipinski definition) is 2. The summed E-state index contributed by atoms with van der Waals surface area (Å²) in [5.74, 6) is -5.38. The Morgan fingerprint density at radius 2 is 1.15 bits per heavy atom. The molecule has 2 N–H and O–H groups in total. The molecule has 0 aliphatic heterocycles. The molecule has 0 aliphatic carbocycles. The van der Waals surface area contributed by atoms with Crippen molar-refractivity contribution in [2.45, 2.75) is 12.2 Å². The summed E-state index contributed by atoms with van der Waals surface area (Å²) >= 11 is 0. The number of esters is 2. The number of carbonyl (C=O) groups is 4. The molecule has 0 unspecified atom stereocenters. The third-order valence-corrected chi connectivity index (χ3v) is 4.38. The number of carboxylic acid groups (broad SMARTS) is 1. The summed E-state index contributed by atoms with van der Waals surface area (Å²) in [7, 11) is 0. The highest BCUT2D eigenvalue weighted by molar-refractivity contribution is 6.01. The first kappa shape index (κ1) is 23.1. The van der Waals surface area contributed by atoms with Crippen LogP contribution in [0, 0.1) is 5.82 Å². The molecule has 9 heteroatoms. The zero-order valence-electron chi connectivity index (χ0n) is 17.0. The number of nitrogens with one attached hydrogen (secondary N) is 1. The fourth-order valence-electron chi connectivity index (χ4n) is 2.76. The van der Waals surface area contributed by atoms with Crippen LogP contribution in [0.4, 0.5) is 10.1 Å². The number of carboxylic acids is 1. The smallest absolute Gasteiger partial charge is 0.349 e. The number of anilines is 1. The van der Waals surface area contributed by atoms with Crippen molar-refractivity contribution in [3.63, 3.8) is 0 Å². The van der Waals surface area contributed by atoms with E-state index in [2.05, 4.69) is 5.32 Å². The molecule has 168 valence electrons. The summed E-state index contributed by atoms with van der Waals surface area (Å²) in [5, 5.41) is 12.0. The number of carbonyl (C=O) groups excluding carboxylic acids is 3. The second kappa shape index (κ2) is 10.7. The molecule has 0 radical (unpaired) electrons. The van der Waals surface area contributed by atoms with Gasteiger partial charge in [0.2, 0.25) is 12.2 Å². The molecule has 33 heavy (non-hydrogen) atoms. The molecule has 3 rings (SSSR count). The Hall–Kier alpha value is -4.53. The Bertz CT molecular complexity index is 1130. The standard InChI is InChI=1S/C24H18FNO7/c25-17-11-13-18(14-12-17)26-21(27)19(32-23(30)15-7-3-1-4-8-15)20(22(28)29)33-24(31)16-9-5-2-6-10-16/h1-14,19-20H,(H,26,27)(H,28,29)/t19-,20-/m0/s1. The molecule has 0 aliphatic rings. The normalized spacial score (nSPS) is 12.2. The van der Waals surface area contributed by atoms with Gasteiger partial charge in [-0.15, -0.1) is 0 Å². The molecular formula is C24H18FNO7. The van der Waals surface area contributed by atoms with Gasteiger partial charge in [-0.3, -0.25) is 4.79 Å². The molecule has 1 amide bonds. The number of rotatable bonds is 8. The van der Waals surface area contributed by atoms with Crippen LogP contribution in [0.15, 0.2) is 84.9 Å². The Kier molecular flexibility index (Phi) is 7.48. The topological polar surface area (TPSA) is 119 Å². The lowest BCUT2D eigenvalue weighted by Crippen LogP contribution is -2.48. The molecule has 3 aromatic carbocycles. The van der Waals surface area contributed by atoms with Crippen LogP contribution in [0.5, 0.6) is 0 Å². The molecular weight excluding hydrogens is 433 g/mol. The molecule has 0 saturated heterocycles. The molecule has 2 atom stereocenters. The van der Waals surface area contributed by atoms with Gasteiger partial charge in [-0.1, -0.05) is 36.4 Å². The quantitative estimate of drug-likeness (QED) is 0.505. The van der Waals surface area contributed by atoms with Gasteiger partial charge in [-0.05, 0) is 48.5 Å². The predicted molar refractivity (Wildman–Crippen MR) is 114 cm³/mol. The van der Waals surface area contributed by atoms with Crippen LogP contribution in [-0.4, -0.2) is 41.1 Å². The zero-order valence-corrected chi connectivity index (χ0v) is 17.0. The van der Waals surface area contributed by atoms with E-state index in [0.29, 0.717) is 0 Å². The lowest BCUT2D eigenvalue weighted by molar-refractivity contribution is -0.157. The third kappa shape index (κ3) is 6.23. The first-order valence-electron chi connectivity index (χ1n) is 9.66.